The Kier molecular flexibility index (Phi) is 8.44. The lowest BCUT2D eigenvalue weighted by Crippen LogP contribution is -2.51. The molecule has 1 saturated heterocycles. The molecule has 1 unspecified atom stereocenters. The van der Waals surface area contributed by atoms with Gasteiger partial charge in [0.15, 0.2) is 5.69 Å². The van der Waals surface area contributed by atoms with Gasteiger partial charge in [-0.1, -0.05) is 18.5 Å². The van der Waals surface area contributed by atoms with Gasteiger partial charge < -0.3 is 15.1 Å². The van der Waals surface area contributed by atoms with Crippen LogP contribution in [0, 0.1) is 0 Å². The second-order valence-corrected chi connectivity index (χ2v) is 7.39. The molecule has 2 rings (SSSR count). The molecule has 2 amide bonds. The minimum absolute atomic E-state index is 0.0248. The summed E-state index contributed by atoms with van der Waals surface area (Å²) in [5.41, 5.74) is 0.238. The molecule has 0 bridgehead atoms. The number of amides is 2. The molecule has 0 saturated carbocycles. The number of carbonyl (C=O) groups is 2. The number of hydrogen-bond donors (Lipinski definition) is 1. The lowest BCUT2D eigenvalue weighted by atomic mass is 10.2. The predicted molar refractivity (Wildman–Crippen MR) is 111 cm³/mol. The first-order valence-corrected chi connectivity index (χ1v) is 10.4. The molecule has 1 aliphatic heterocycles. The van der Waals surface area contributed by atoms with Crippen molar-refractivity contribution in [3.8, 4) is 0 Å². The number of anilines is 1. The Hall–Kier alpha value is -1.93. The van der Waals surface area contributed by atoms with E-state index in [4.69, 9.17) is 11.6 Å². The van der Waals surface area contributed by atoms with Gasteiger partial charge in [-0.3, -0.25) is 14.5 Å². The van der Waals surface area contributed by atoms with Crippen LogP contribution in [0.15, 0.2) is 6.20 Å². The highest BCUT2D eigenvalue weighted by Gasteiger charge is 2.26. The Morgan fingerprint density at radius 3 is 2.43 bits per heavy atom. The molecule has 0 radical (unpaired) electrons. The summed E-state index contributed by atoms with van der Waals surface area (Å²) in [6.45, 7) is 12.3. The molecule has 1 atom stereocenters. The average Bonchev–Trinajstić information content (AvgIpc) is 2.70. The van der Waals surface area contributed by atoms with Gasteiger partial charge in [0, 0.05) is 45.3 Å². The van der Waals surface area contributed by atoms with E-state index in [1.807, 2.05) is 32.6 Å². The summed E-state index contributed by atoms with van der Waals surface area (Å²) in [5.74, 6) is 0.347. The summed E-state index contributed by atoms with van der Waals surface area (Å²) in [5, 5.41) is 3.23. The first-order chi connectivity index (χ1) is 13.4. The highest BCUT2D eigenvalue weighted by atomic mass is 35.5. The Labute approximate surface area is 172 Å². The van der Waals surface area contributed by atoms with Crippen molar-refractivity contribution in [2.45, 2.75) is 40.2 Å². The number of aromatic nitrogens is 2. The van der Waals surface area contributed by atoms with Gasteiger partial charge in [-0.15, -0.1) is 0 Å². The van der Waals surface area contributed by atoms with E-state index >= 15 is 0 Å². The molecule has 1 N–H and O–H groups in total. The Morgan fingerprint density at radius 1 is 1.21 bits per heavy atom. The summed E-state index contributed by atoms with van der Waals surface area (Å²) in [6.07, 6.45) is 2.40. The third-order valence-corrected chi connectivity index (χ3v) is 5.30. The van der Waals surface area contributed by atoms with E-state index in [-0.39, 0.29) is 28.6 Å². The van der Waals surface area contributed by atoms with Crippen molar-refractivity contribution in [2.24, 2.45) is 0 Å². The summed E-state index contributed by atoms with van der Waals surface area (Å²) >= 11 is 6.21. The number of rotatable bonds is 8. The lowest BCUT2D eigenvalue weighted by molar-refractivity contribution is -0.123. The third-order valence-electron chi connectivity index (χ3n) is 5.03. The molecule has 2 heterocycles. The minimum atomic E-state index is -0.190. The summed E-state index contributed by atoms with van der Waals surface area (Å²) in [6, 6.07) is 0.176. The molecule has 1 aromatic heterocycles. The average molecular weight is 411 g/mol. The third kappa shape index (κ3) is 5.78. The van der Waals surface area contributed by atoms with Crippen molar-refractivity contribution < 1.29 is 9.59 Å². The largest absolute Gasteiger partial charge is 0.353 e. The monoisotopic (exact) mass is 410 g/mol. The van der Waals surface area contributed by atoms with Gasteiger partial charge in [0.2, 0.25) is 11.9 Å². The maximum atomic E-state index is 12.9. The second kappa shape index (κ2) is 10.6. The van der Waals surface area contributed by atoms with Crippen LogP contribution in [0.25, 0.3) is 0 Å². The van der Waals surface area contributed by atoms with Crippen LogP contribution in [0.2, 0.25) is 5.02 Å². The Bertz CT molecular complexity index is 674. The van der Waals surface area contributed by atoms with E-state index in [0.29, 0.717) is 38.7 Å². The van der Waals surface area contributed by atoms with Crippen LogP contribution in [-0.4, -0.2) is 83.4 Å². The van der Waals surface area contributed by atoms with Crippen LogP contribution >= 0.6 is 11.6 Å². The first kappa shape index (κ1) is 22.4. The zero-order valence-corrected chi connectivity index (χ0v) is 18.0. The summed E-state index contributed by atoms with van der Waals surface area (Å²) in [4.78, 5) is 39.4. The number of piperazine rings is 1. The number of halogens is 1. The molecule has 0 spiro atoms. The van der Waals surface area contributed by atoms with Gasteiger partial charge in [-0.25, -0.2) is 9.97 Å². The van der Waals surface area contributed by atoms with Crippen molar-refractivity contribution >= 4 is 29.4 Å². The molecule has 1 aromatic rings. The Morgan fingerprint density at radius 2 is 1.86 bits per heavy atom. The van der Waals surface area contributed by atoms with Crippen LogP contribution in [0.4, 0.5) is 5.95 Å². The van der Waals surface area contributed by atoms with Crippen molar-refractivity contribution in [1.82, 2.24) is 25.1 Å². The predicted octanol–water partition coefficient (Wildman–Crippen LogP) is 1.65. The number of nitrogens with one attached hydrogen (secondary N) is 1. The van der Waals surface area contributed by atoms with Crippen LogP contribution < -0.4 is 10.2 Å². The van der Waals surface area contributed by atoms with Gasteiger partial charge in [-0.2, -0.15) is 0 Å². The van der Waals surface area contributed by atoms with E-state index in [2.05, 4.69) is 20.2 Å². The van der Waals surface area contributed by atoms with Crippen LogP contribution in [0.1, 0.15) is 44.6 Å². The maximum absolute atomic E-state index is 12.9. The lowest BCUT2D eigenvalue weighted by Gasteiger charge is -2.34. The smallest absolute Gasteiger partial charge is 0.274 e. The summed E-state index contributed by atoms with van der Waals surface area (Å²) in [7, 11) is 0. The first-order valence-electron chi connectivity index (χ1n) is 9.97. The van der Waals surface area contributed by atoms with E-state index in [1.54, 1.807) is 4.90 Å². The van der Waals surface area contributed by atoms with Crippen LogP contribution in [-0.2, 0) is 4.79 Å². The fraction of sp³-hybridized carbons (Fsp3) is 0.684. The molecule has 1 aliphatic rings. The maximum Gasteiger partial charge on any atom is 0.274 e. The fourth-order valence-corrected chi connectivity index (χ4v) is 3.22. The zero-order valence-electron chi connectivity index (χ0n) is 17.2. The molecule has 28 heavy (non-hydrogen) atoms. The molecule has 156 valence electrons. The van der Waals surface area contributed by atoms with Crippen LogP contribution in [0.3, 0.4) is 0 Å². The number of hydrogen-bond acceptors (Lipinski definition) is 6. The van der Waals surface area contributed by atoms with E-state index in [0.717, 1.165) is 19.5 Å². The van der Waals surface area contributed by atoms with E-state index in [1.165, 1.54) is 6.20 Å². The Balaban J connectivity index is 1.96. The van der Waals surface area contributed by atoms with Gasteiger partial charge in [0.05, 0.1) is 17.8 Å². The molecule has 0 aliphatic carbocycles. The molecule has 1 fully saturated rings. The normalized spacial score (nSPS) is 16.0. The van der Waals surface area contributed by atoms with Crippen molar-refractivity contribution in [1.29, 1.82) is 0 Å². The summed E-state index contributed by atoms with van der Waals surface area (Å²) < 4.78 is 0. The van der Waals surface area contributed by atoms with Crippen molar-refractivity contribution in [2.75, 3.05) is 50.7 Å². The van der Waals surface area contributed by atoms with E-state index < -0.39 is 0 Å². The quantitative estimate of drug-likeness (QED) is 0.701. The molecule has 9 heteroatoms. The molecule has 0 aromatic carbocycles. The van der Waals surface area contributed by atoms with Gasteiger partial charge >= 0.3 is 0 Å². The van der Waals surface area contributed by atoms with Crippen molar-refractivity contribution in [3.05, 3.63) is 16.9 Å². The molecule has 8 nitrogen and oxygen atoms in total. The van der Waals surface area contributed by atoms with Gasteiger partial charge in [0.25, 0.3) is 5.91 Å². The number of carbonyl (C=O) groups excluding carboxylic acids is 2. The van der Waals surface area contributed by atoms with Gasteiger partial charge in [-0.05, 0) is 27.2 Å². The van der Waals surface area contributed by atoms with Crippen LogP contribution in [0.5, 0.6) is 0 Å². The van der Waals surface area contributed by atoms with Gasteiger partial charge in [0.1, 0.15) is 0 Å². The van der Waals surface area contributed by atoms with Crippen molar-refractivity contribution in [3.63, 3.8) is 0 Å². The zero-order chi connectivity index (χ0) is 20.7. The minimum Gasteiger partial charge on any atom is -0.353 e. The van der Waals surface area contributed by atoms with E-state index in [9.17, 15) is 9.59 Å². The highest BCUT2D eigenvalue weighted by molar-refractivity contribution is 6.33. The fourth-order valence-electron chi connectivity index (χ4n) is 3.05. The topological polar surface area (TPSA) is 81.7 Å². The molecular weight excluding hydrogens is 380 g/mol. The standard InChI is InChI=1S/C19H31ClN6O2/c1-5-14(4)22-16(27)13-24-8-10-26(11-9-24)18(28)17-15(20)12-21-19(23-17)25(6-2)7-3/h12,14H,5-11,13H2,1-4H3,(H,22,27). The molecular formula is C19H31ClN6O2. The SMILES string of the molecule is CCC(C)NC(=O)CN1CCN(C(=O)c2nc(N(CC)CC)ncc2Cl)CC1. The number of nitrogens with zero attached hydrogens (tertiary/aromatic N) is 5. The highest BCUT2D eigenvalue weighted by Crippen LogP contribution is 2.19. The second-order valence-electron chi connectivity index (χ2n) is 6.98.